The molecule has 0 fully saturated rings. The minimum absolute atomic E-state index is 0.146. The topological polar surface area (TPSA) is 68.0 Å². The molecule has 0 aliphatic carbocycles. The third kappa shape index (κ3) is 3.43. The van der Waals surface area contributed by atoms with Gasteiger partial charge in [-0.25, -0.2) is 4.98 Å². The van der Waals surface area contributed by atoms with Crippen LogP contribution in [0, 0.1) is 6.92 Å². The fourth-order valence-corrected chi connectivity index (χ4v) is 0.970. The van der Waals surface area contributed by atoms with Gasteiger partial charge in [0.05, 0.1) is 0 Å². The van der Waals surface area contributed by atoms with E-state index in [9.17, 15) is 4.79 Å². The van der Waals surface area contributed by atoms with Crippen molar-refractivity contribution in [2.75, 3.05) is 12.8 Å². The molecule has 3 N–H and O–H groups in total. The molecule has 0 saturated carbocycles. The molecule has 0 bridgehead atoms. The summed E-state index contributed by atoms with van der Waals surface area (Å²) in [6, 6.07) is 3.24. The van der Waals surface area contributed by atoms with E-state index < -0.39 is 0 Å². The van der Waals surface area contributed by atoms with E-state index in [1.807, 2.05) is 13.8 Å². The van der Waals surface area contributed by atoms with Gasteiger partial charge >= 0.3 is 0 Å². The molecule has 0 saturated heterocycles. The Morgan fingerprint density at radius 1 is 1.43 bits per heavy atom. The van der Waals surface area contributed by atoms with Gasteiger partial charge in [0.1, 0.15) is 5.82 Å². The average molecular weight is 195 g/mol. The van der Waals surface area contributed by atoms with Gasteiger partial charge in [-0.2, -0.15) is 0 Å². The molecule has 4 heteroatoms. The lowest BCUT2D eigenvalue weighted by Crippen LogP contribution is -2.18. The molecule has 0 unspecified atom stereocenters. The number of nitrogen functional groups attached to an aromatic ring is 1. The molecule has 0 aliphatic heterocycles. The lowest BCUT2D eigenvalue weighted by Gasteiger charge is -2.01. The second kappa shape index (κ2) is 5.96. The van der Waals surface area contributed by atoms with Crippen molar-refractivity contribution in [1.82, 2.24) is 10.3 Å². The van der Waals surface area contributed by atoms with Gasteiger partial charge in [-0.1, -0.05) is 13.8 Å². The molecular weight excluding hydrogens is 178 g/mol. The van der Waals surface area contributed by atoms with Crippen molar-refractivity contribution in [2.24, 2.45) is 0 Å². The summed E-state index contributed by atoms with van der Waals surface area (Å²) in [5.74, 6) is 0.223. The Hall–Kier alpha value is -1.58. The normalized spacial score (nSPS) is 8.57. The van der Waals surface area contributed by atoms with Crippen LogP contribution < -0.4 is 11.1 Å². The number of aryl methyl sites for hydroxylation is 1. The van der Waals surface area contributed by atoms with Crippen LogP contribution in [0.4, 0.5) is 5.82 Å². The number of anilines is 1. The van der Waals surface area contributed by atoms with E-state index in [0.29, 0.717) is 11.4 Å². The number of nitrogens with zero attached hydrogens (tertiary/aromatic N) is 1. The molecule has 0 aromatic carbocycles. The van der Waals surface area contributed by atoms with Crippen molar-refractivity contribution in [3.63, 3.8) is 0 Å². The van der Waals surface area contributed by atoms with Gasteiger partial charge in [0, 0.05) is 18.3 Å². The maximum Gasteiger partial charge on any atom is 0.251 e. The predicted octanol–water partition coefficient (Wildman–Crippen LogP) is 1.36. The first-order valence-corrected chi connectivity index (χ1v) is 4.59. The number of rotatable bonds is 1. The molecule has 78 valence electrons. The van der Waals surface area contributed by atoms with Crippen molar-refractivity contribution in [1.29, 1.82) is 0 Å². The fraction of sp³-hybridized carbons (Fsp3) is 0.400. The maximum absolute atomic E-state index is 11.1. The van der Waals surface area contributed by atoms with Crippen LogP contribution in [0.1, 0.15) is 29.9 Å². The highest BCUT2D eigenvalue weighted by atomic mass is 16.1. The third-order valence-electron chi connectivity index (χ3n) is 1.46. The van der Waals surface area contributed by atoms with Gasteiger partial charge in [0.15, 0.2) is 0 Å². The Morgan fingerprint density at radius 3 is 2.43 bits per heavy atom. The van der Waals surface area contributed by atoms with E-state index in [4.69, 9.17) is 5.73 Å². The zero-order valence-electron chi connectivity index (χ0n) is 9.09. The van der Waals surface area contributed by atoms with Gasteiger partial charge in [0.2, 0.25) is 0 Å². The Morgan fingerprint density at radius 2 is 2.00 bits per heavy atom. The van der Waals surface area contributed by atoms with Crippen molar-refractivity contribution >= 4 is 11.7 Å². The molecule has 1 aromatic heterocycles. The van der Waals surface area contributed by atoms with E-state index >= 15 is 0 Å². The smallest absolute Gasteiger partial charge is 0.251 e. The quantitative estimate of drug-likeness (QED) is 0.711. The summed E-state index contributed by atoms with van der Waals surface area (Å²) in [5, 5.41) is 2.51. The monoisotopic (exact) mass is 195 g/mol. The lowest BCUT2D eigenvalue weighted by molar-refractivity contribution is 0.0963. The lowest BCUT2D eigenvalue weighted by atomic mass is 10.2. The molecule has 0 aliphatic rings. The number of nitrogens with one attached hydrogen (secondary N) is 1. The number of carbonyl (C=O) groups excluding carboxylic acids is 1. The second-order valence-electron chi connectivity index (χ2n) is 2.50. The van der Waals surface area contributed by atoms with Crippen LogP contribution in [0.25, 0.3) is 0 Å². The fourth-order valence-electron chi connectivity index (χ4n) is 0.970. The number of carbonyl (C=O) groups is 1. The van der Waals surface area contributed by atoms with Crippen LogP contribution >= 0.6 is 0 Å². The first kappa shape index (κ1) is 12.4. The summed E-state index contributed by atoms with van der Waals surface area (Å²) in [5.41, 5.74) is 6.75. The van der Waals surface area contributed by atoms with Crippen molar-refractivity contribution in [2.45, 2.75) is 20.8 Å². The molecule has 0 spiro atoms. The Kier molecular flexibility index (Phi) is 5.29. The molecule has 1 aromatic rings. The Labute approximate surface area is 84.5 Å². The predicted molar refractivity (Wildman–Crippen MR) is 58.1 cm³/mol. The molecule has 1 amide bonds. The summed E-state index contributed by atoms with van der Waals surface area (Å²) in [7, 11) is 1.58. The van der Waals surface area contributed by atoms with Crippen LogP contribution in [0.2, 0.25) is 0 Å². The van der Waals surface area contributed by atoms with Crippen molar-refractivity contribution in [3.05, 3.63) is 23.4 Å². The van der Waals surface area contributed by atoms with E-state index in [0.717, 1.165) is 5.69 Å². The summed E-state index contributed by atoms with van der Waals surface area (Å²) in [6.07, 6.45) is 0. The zero-order valence-corrected chi connectivity index (χ0v) is 9.09. The average Bonchev–Trinajstić information content (AvgIpc) is 2.18. The number of amides is 1. The standard InChI is InChI=1S/C8H11N3O.C2H6/c1-5-3-6(8(12)10-2)4-7(9)11-5;1-2/h3-4H,1-2H3,(H2,9,11)(H,10,12);1-2H3. The van der Waals surface area contributed by atoms with Crippen molar-refractivity contribution in [3.8, 4) is 0 Å². The molecule has 1 heterocycles. The molecule has 1 rings (SSSR count). The van der Waals surface area contributed by atoms with Crippen LogP contribution in [-0.4, -0.2) is 17.9 Å². The van der Waals surface area contributed by atoms with E-state index in [1.54, 1.807) is 26.1 Å². The Bertz CT molecular complexity index is 290. The van der Waals surface area contributed by atoms with Gasteiger partial charge in [-0.05, 0) is 19.1 Å². The van der Waals surface area contributed by atoms with Crippen molar-refractivity contribution < 1.29 is 4.79 Å². The van der Waals surface area contributed by atoms with E-state index in [1.165, 1.54) is 0 Å². The van der Waals surface area contributed by atoms with Gasteiger partial charge in [0.25, 0.3) is 5.91 Å². The van der Waals surface area contributed by atoms with Gasteiger partial charge < -0.3 is 11.1 Å². The van der Waals surface area contributed by atoms with Crippen LogP contribution in [-0.2, 0) is 0 Å². The molecule has 4 nitrogen and oxygen atoms in total. The van der Waals surface area contributed by atoms with E-state index in [-0.39, 0.29) is 5.91 Å². The van der Waals surface area contributed by atoms with Crippen LogP contribution in [0.15, 0.2) is 12.1 Å². The highest BCUT2D eigenvalue weighted by Crippen LogP contribution is 2.06. The Balaban J connectivity index is 0.000000791. The second-order valence-corrected chi connectivity index (χ2v) is 2.50. The summed E-state index contributed by atoms with van der Waals surface area (Å²) in [4.78, 5) is 15.1. The zero-order chi connectivity index (χ0) is 11.1. The first-order valence-electron chi connectivity index (χ1n) is 4.59. The number of hydrogen-bond acceptors (Lipinski definition) is 3. The SMILES string of the molecule is CC.CNC(=O)c1cc(C)nc(N)c1. The molecule has 14 heavy (non-hydrogen) atoms. The van der Waals surface area contributed by atoms with Crippen LogP contribution in [0.5, 0.6) is 0 Å². The van der Waals surface area contributed by atoms with Gasteiger partial charge in [-0.15, -0.1) is 0 Å². The number of nitrogens with two attached hydrogens (primary N) is 1. The third-order valence-corrected chi connectivity index (χ3v) is 1.46. The minimum atomic E-state index is -0.146. The summed E-state index contributed by atoms with van der Waals surface area (Å²) < 4.78 is 0. The molecular formula is C10H17N3O. The molecule has 0 atom stereocenters. The molecule has 0 radical (unpaired) electrons. The van der Waals surface area contributed by atoms with E-state index in [2.05, 4.69) is 10.3 Å². The highest BCUT2D eigenvalue weighted by molar-refractivity contribution is 5.94. The largest absolute Gasteiger partial charge is 0.384 e. The highest BCUT2D eigenvalue weighted by Gasteiger charge is 2.04. The van der Waals surface area contributed by atoms with Crippen LogP contribution in [0.3, 0.4) is 0 Å². The van der Waals surface area contributed by atoms with Gasteiger partial charge in [-0.3, -0.25) is 4.79 Å². The number of aromatic nitrogens is 1. The summed E-state index contributed by atoms with van der Waals surface area (Å²) in [6.45, 7) is 5.79. The number of pyridine rings is 1. The first-order chi connectivity index (χ1) is 6.63. The maximum atomic E-state index is 11.1. The summed E-state index contributed by atoms with van der Waals surface area (Å²) >= 11 is 0. The minimum Gasteiger partial charge on any atom is -0.384 e. The number of hydrogen-bond donors (Lipinski definition) is 2.